The van der Waals surface area contributed by atoms with Crippen LogP contribution in [0.1, 0.15) is 5.56 Å². The number of nitrogens with one attached hydrogen (secondary N) is 1. The van der Waals surface area contributed by atoms with E-state index in [1.54, 1.807) is 0 Å². The molecule has 0 spiro atoms. The molecule has 1 nitrogen and oxygen atoms in total. The molecule has 12 heavy (non-hydrogen) atoms. The number of hydrogen-bond donors (Lipinski definition) is 1. The first-order chi connectivity index (χ1) is 5.93. The third kappa shape index (κ3) is 3.74. The Balaban J connectivity index is 2.16. The molecule has 0 bridgehead atoms. The van der Waals surface area contributed by atoms with Crippen molar-refractivity contribution in [2.45, 2.75) is 6.54 Å². The minimum absolute atomic E-state index is 0.613. The highest BCUT2D eigenvalue weighted by molar-refractivity contribution is 6.18. The summed E-state index contributed by atoms with van der Waals surface area (Å²) in [6, 6.07) is 10.3. The average molecular weight is 183 g/mol. The molecule has 0 saturated carbocycles. The van der Waals surface area contributed by atoms with Gasteiger partial charge < -0.3 is 5.32 Å². The van der Waals surface area contributed by atoms with Crippen molar-refractivity contribution in [2.75, 3.05) is 12.4 Å². The van der Waals surface area contributed by atoms with E-state index >= 15 is 0 Å². The van der Waals surface area contributed by atoms with Gasteiger partial charge in [-0.1, -0.05) is 30.3 Å². The molecule has 0 saturated heterocycles. The highest BCUT2D eigenvalue weighted by atomic mass is 35.5. The van der Waals surface area contributed by atoms with Crippen LogP contribution in [0.25, 0.3) is 0 Å². The van der Waals surface area contributed by atoms with Gasteiger partial charge in [-0.3, -0.25) is 0 Å². The molecule has 0 unspecified atom stereocenters. The minimum atomic E-state index is 0.613. The van der Waals surface area contributed by atoms with Crippen LogP contribution < -0.4 is 5.32 Å². The molecule has 0 aliphatic heterocycles. The van der Waals surface area contributed by atoms with Crippen molar-refractivity contribution in [3.05, 3.63) is 42.3 Å². The van der Waals surface area contributed by atoms with Crippen molar-refractivity contribution >= 4 is 11.6 Å². The van der Waals surface area contributed by atoms with E-state index in [2.05, 4.69) is 17.4 Å². The fraction of sp³-hybridized carbons (Fsp3) is 0.300. The van der Waals surface area contributed by atoms with Crippen LogP contribution in [0.5, 0.6) is 0 Å². The predicted molar refractivity (Wildman–Crippen MR) is 53.2 cm³/mol. The molecule has 0 aromatic heterocycles. The number of alkyl halides is 1. The molecule has 1 N–H and O–H groups in total. The maximum Gasteiger partial charge on any atom is 0.0267 e. The zero-order valence-electron chi connectivity index (χ0n) is 6.96. The molecule has 1 rings (SSSR count). The molecule has 0 amide bonds. The van der Waals surface area contributed by atoms with Crippen LogP contribution in [0.3, 0.4) is 0 Å². The lowest BCUT2D eigenvalue weighted by molar-refractivity contribution is 0.737. The third-order valence-corrected chi connectivity index (χ3v) is 1.79. The SMILES string of the molecule is ClC[CH]CNCc1ccccc1. The number of benzene rings is 1. The van der Waals surface area contributed by atoms with Crippen LogP contribution in [0, 0.1) is 6.42 Å². The van der Waals surface area contributed by atoms with Crippen LogP contribution in [0.2, 0.25) is 0 Å². The van der Waals surface area contributed by atoms with E-state index in [0.717, 1.165) is 13.1 Å². The largest absolute Gasteiger partial charge is 0.312 e. The Labute approximate surface area is 78.7 Å². The molecule has 1 aromatic rings. The fourth-order valence-corrected chi connectivity index (χ4v) is 1.08. The van der Waals surface area contributed by atoms with Crippen molar-refractivity contribution < 1.29 is 0 Å². The summed E-state index contributed by atoms with van der Waals surface area (Å²) in [4.78, 5) is 0. The normalized spacial score (nSPS) is 10.1. The lowest BCUT2D eigenvalue weighted by Gasteiger charge is -2.02. The molecular formula is C10H13ClN. The van der Waals surface area contributed by atoms with E-state index in [-0.39, 0.29) is 0 Å². The maximum atomic E-state index is 5.49. The van der Waals surface area contributed by atoms with E-state index in [1.165, 1.54) is 5.56 Å². The van der Waals surface area contributed by atoms with Gasteiger partial charge in [-0.2, -0.15) is 0 Å². The molecule has 65 valence electrons. The van der Waals surface area contributed by atoms with Gasteiger partial charge >= 0.3 is 0 Å². The second-order valence-corrected chi connectivity index (χ2v) is 2.87. The van der Waals surface area contributed by atoms with Crippen molar-refractivity contribution in [1.82, 2.24) is 5.32 Å². The Morgan fingerprint density at radius 3 is 2.67 bits per heavy atom. The van der Waals surface area contributed by atoms with E-state index in [4.69, 9.17) is 11.6 Å². The Morgan fingerprint density at radius 1 is 1.25 bits per heavy atom. The van der Waals surface area contributed by atoms with Gasteiger partial charge in [0.15, 0.2) is 0 Å². The molecule has 1 aromatic carbocycles. The molecular weight excluding hydrogens is 170 g/mol. The van der Waals surface area contributed by atoms with Crippen LogP contribution >= 0.6 is 11.6 Å². The summed E-state index contributed by atoms with van der Waals surface area (Å²) in [6.07, 6.45) is 2.00. The highest BCUT2D eigenvalue weighted by Gasteiger charge is 1.89. The first kappa shape index (κ1) is 9.56. The average Bonchev–Trinajstić information content (AvgIpc) is 2.14. The Bertz CT molecular complexity index is 198. The number of hydrogen-bond acceptors (Lipinski definition) is 1. The summed E-state index contributed by atoms with van der Waals surface area (Å²) < 4.78 is 0. The zero-order valence-corrected chi connectivity index (χ0v) is 7.72. The quantitative estimate of drug-likeness (QED) is 0.544. The maximum absolute atomic E-state index is 5.49. The van der Waals surface area contributed by atoms with Gasteiger partial charge in [-0.05, 0) is 18.5 Å². The number of halogens is 1. The van der Waals surface area contributed by atoms with E-state index in [0.29, 0.717) is 5.88 Å². The van der Waals surface area contributed by atoms with Crippen molar-refractivity contribution in [3.8, 4) is 0 Å². The van der Waals surface area contributed by atoms with Gasteiger partial charge in [0.25, 0.3) is 0 Å². The second-order valence-electron chi connectivity index (χ2n) is 2.56. The zero-order chi connectivity index (χ0) is 8.65. The molecule has 0 aliphatic carbocycles. The summed E-state index contributed by atoms with van der Waals surface area (Å²) in [7, 11) is 0. The van der Waals surface area contributed by atoms with Crippen LogP contribution in [0.4, 0.5) is 0 Å². The van der Waals surface area contributed by atoms with Crippen LogP contribution in [-0.2, 0) is 6.54 Å². The molecule has 0 atom stereocenters. The summed E-state index contributed by atoms with van der Waals surface area (Å²) >= 11 is 5.49. The monoisotopic (exact) mass is 182 g/mol. The van der Waals surface area contributed by atoms with Gasteiger partial charge in [0.05, 0.1) is 0 Å². The van der Waals surface area contributed by atoms with Gasteiger partial charge in [0.1, 0.15) is 0 Å². The summed E-state index contributed by atoms with van der Waals surface area (Å²) in [5, 5.41) is 3.26. The van der Waals surface area contributed by atoms with Crippen molar-refractivity contribution in [3.63, 3.8) is 0 Å². The third-order valence-electron chi connectivity index (χ3n) is 1.57. The second kappa shape index (κ2) is 6.04. The van der Waals surface area contributed by atoms with Crippen LogP contribution in [0.15, 0.2) is 30.3 Å². The Morgan fingerprint density at radius 2 is 2.00 bits per heavy atom. The van der Waals surface area contributed by atoms with E-state index in [1.807, 2.05) is 24.6 Å². The first-order valence-corrected chi connectivity index (χ1v) is 4.59. The lowest BCUT2D eigenvalue weighted by Crippen LogP contribution is -2.15. The summed E-state index contributed by atoms with van der Waals surface area (Å²) in [5.74, 6) is 0.613. The number of rotatable bonds is 5. The lowest BCUT2D eigenvalue weighted by atomic mass is 10.2. The molecule has 0 aliphatic rings. The molecule has 1 radical (unpaired) electrons. The minimum Gasteiger partial charge on any atom is -0.312 e. The van der Waals surface area contributed by atoms with E-state index < -0.39 is 0 Å². The highest BCUT2D eigenvalue weighted by Crippen LogP contribution is 1.96. The van der Waals surface area contributed by atoms with Gasteiger partial charge in [0, 0.05) is 12.4 Å². The molecule has 0 heterocycles. The van der Waals surface area contributed by atoms with Gasteiger partial charge in [-0.15, -0.1) is 11.6 Å². The van der Waals surface area contributed by atoms with Crippen LogP contribution in [-0.4, -0.2) is 12.4 Å². The topological polar surface area (TPSA) is 12.0 Å². The van der Waals surface area contributed by atoms with E-state index in [9.17, 15) is 0 Å². The predicted octanol–water partition coefficient (Wildman–Crippen LogP) is 2.22. The van der Waals surface area contributed by atoms with Crippen molar-refractivity contribution in [1.29, 1.82) is 0 Å². The summed E-state index contributed by atoms with van der Waals surface area (Å²) in [5.41, 5.74) is 1.31. The Kier molecular flexibility index (Phi) is 4.81. The molecule has 0 fully saturated rings. The fourth-order valence-electron chi connectivity index (χ4n) is 0.969. The van der Waals surface area contributed by atoms with Gasteiger partial charge in [0.2, 0.25) is 0 Å². The van der Waals surface area contributed by atoms with Crippen molar-refractivity contribution in [2.24, 2.45) is 0 Å². The summed E-state index contributed by atoms with van der Waals surface area (Å²) in [6.45, 7) is 1.78. The molecule has 2 heteroatoms. The smallest absolute Gasteiger partial charge is 0.0267 e. The standard InChI is InChI=1S/C10H13ClN/c11-7-4-8-12-9-10-5-2-1-3-6-10/h1-6,12H,7-9H2. The van der Waals surface area contributed by atoms with Gasteiger partial charge in [-0.25, -0.2) is 0 Å². The first-order valence-electron chi connectivity index (χ1n) is 4.06. The Hall–Kier alpha value is -0.530.